The molecule has 0 aromatic heterocycles. The van der Waals surface area contributed by atoms with E-state index < -0.39 is 47.3 Å². The molecule has 0 saturated carbocycles. The van der Waals surface area contributed by atoms with E-state index in [9.17, 15) is 19.2 Å². The predicted octanol–water partition coefficient (Wildman–Crippen LogP) is 3.62. The largest absolute Gasteiger partial charge is 0.458 e. The van der Waals surface area contributed by atoms with Crippen LogP contribution in [0.4, 0.5) is 9.59 Å². The fourth-order valence-electron chi connectivity index (χ4n) is 4.51. The second kappa shape index (κ2) is 11.4. The molecule has 10 heteroatoms. The monoisotopic (exact) mass is 517 g/mol. The van der Waals surface area contributed by atoms with E-state index in [4.69, 9.17) is 14.2 Å². The molecule has 37 heavy (non-hydrogen) atoms. The van der Waals surface area contributed by atoms with Gasteiger partial charge >= 0.3 is 18.2 Å². The van der Waals surface area contributed by atoms with Crippen LogP contribution in [0.15, 0.2) is 30.3 Å². The van der Waals surface area contributed by atoms with Crippen LogP contribution in [0.25, 0.3) is 0 Å². The molecule has 1 aromatic carbocycles. The summed E-state index contributed by atoms with van der Waals surface area (Å²) < 4.78 is 16.4. The molecule has 3 rings (SSSR count). The second-order valence-electron chi connectivity index (χ2n) is 11.5. The van der Waals surface area contributed by atoms with E-state index in [0.29, 0.717) is 25.8 Å². The van der Waals surface area contributed by atoms with Gasteiger partial charge in [-0.1, -0.05) is 30.3 Å². The van der Waals surface area contributed by atoms with Crippen molar-refractivity contribution in [2.75, 3.05) is 13.1 Å². The first kappa shape index (κ1) is 28.3. The molecule has 2 fully saturated rings. The molecule has 2 aliphatic heterocycles. The maximum absolute atomic E-state index is 13.8. The molecule has 1 aromatic rings. The summed E-state index contributed by atoms with van der Waals surface area (Å²) in [7, 11) is 0. The Morgan fingerprint density at radius 3 is 2.22 bits per heavy atom. The third-order valence-corrected chi connectivity index (χ3v) is 6.02. The van der Waals surface area contributed by atoms with E-state index >= 15 is 0 Å². The van der Waals surface area contributed by atoms with Crippen LogP contribution in [0, 0.1) is 0 Å². The Labute approximate surface area is 218 Å². The zero-order chi connectivity index (χ0) is 27.4. The van der Waals surface area contributed by atoms with E-state index in [0.717, 1.165) is 5.56 Å². The third-order valence-electron chi connectivity index (χ3n) is 6.02. The number of ether oxygens (including phenoxy) is 3. The van der Waals surface area contributed by atoms with Crippen molar-refractivity contribution < 1.29 is 33.4 Å². The lowest BCUT2D eigenvalue weighted by Crippen LogP contribution is -2.61. The molecule has 3 atom stereocenters. The van der Waals surface area contributed by atoms with Gasteiger partial charge in [0.25, 0.3) is 0 Å². The molecule has 2 saturated heterocycles. The summed E-state index contributed by atoms with van der Waals surface area (Å²) in [6.45, 7) is 10.8. The lowest BCUT2D eigenvalue weighted by atomic mass is 10.1. The van der Waals surface area contributed by atoms with Crippen molar-refractivity contribution in [3.8, 4) is 0 Å². The van der Waals surface area contributed by atoms with Gasteiger partial charge < -0.3 is 29.3 Å². The smallest absolute Gasteiger partial charge is 0.410 e. The maximum atomic E-state index is 13.8. The van der Waals surface area contributed by atoms with E-state index in [-0.39, 0.29) is 19.2 Å². The molecule has 0 aliphatic carbocycles. The molecule has 0 unspecified atom stereocenters. The molecule has 0 radical (unpaired) electrons. The lowest BCUT2D eigenvalue weighted by Gasteiger charge is -2.38. The van der Waals surface area contributed by atoms with Crippen molar-refractivity contribution >= 4 is 24.1 Å². The molecule has 3 amide bonds. The highest BCUT2D eigenvalue weighted by atomic mass is 16.6. The summed E-state index contributed by atoms with van der Waals surface area (Å²) in [6.07, 6.45) is 0.145. The minimum absolute atomic E-state index is 0.0878. The molecule has 0 bridgehead atoms. The number of benzene rings is 1. The minimum Gasteiger partial charge on any atom is -0.458 e. The van der Waals surface area contributed by atoms with Gasteiger partial charge in [0.15, 0.2) is 0 Å². The summed E-state index contributed by atoms with van der Waals surface area (Å²) in [4.78, 5) is 55.3. The number of rotatable bonds is 4. The van der Waals surface area contributed by atoms with Crippen LogP contribution in [0.2, 0.25) is 0 Å². The first-order valence-electron chi connectivity index (χ1n) is 12.7. The topological polar surface area (TPSA) is 114 Å². The second-order valence-corrected chi connectivity index (χ2v) is 11.5. The lowest BCUT2D eigenvalue weighted by molar-refractivity contribution is -0.165. The zero-order valence-electron chi connectivity index (χ0n) is 22.6. The Balaban J connectivity index is 1.80. The Morgan fingerprint density at radius 2 is 1.59 bits per heavy atom. The van der Waals surface area contributed by atoms with Crippen LogP contribution in [-0.4, -0.2) is 76.3 Å². The van der Waals surface area contributed by atoms with Crippen LogP contribution in [-0.2, 0) is 30.4 Å². The van der Waals surface area contributed by atoms with Gasteiger partial charge in [-0.2, -0.15) is 0 Å². The predicted molar refractivity (Wildman–Crippen MR) is 135 cm³/mol. The van der Waals surface area contributed by atoms with Crippen LogP contribution in [0.1, 0.15) is 66.4 Å². The van der Waals surface area contributed by atoms with Gasteiger partial charge in [0.05, 0.1) is 6.54 Å². The van der Waals surface area contributed by atoms with Crippen LogP contribution in [0.5, 0.6) is 0 Å². The Kier molecular flexibility index (Phi) is 8.71. The summed E-state index contributed by atoms with van der Waals surface area (Å²) in [5.74, 6) is -0.927. The van der Waals surface area contributed by atoms with Gasteiger partial charge in [-0.15, -0.1) is 0 Å². The SMILES string of the molecule is CC(C)(C)OC(=O)N[C@H]1CN(C(=O)OCc2ccccc2)CC[C@H]2CC[C@@H](C(=O)OC(C)(C)C)N2C1=O. The van der Waals surface area contributed by atoms with Crippen molar-refractivity contribution in [1.29, 1.82) is 0 Å². The molecular formula is C27H39N3O7. The highest BCUT2D eigenvalue weighted by Gasteiger charge is 2.47. The number of carbonyl (C=O) groups is 4. The summed E-state index contributed by atoms with van der Waals surface area (Å²) in [5, 5.41) is 2.62. The van der Waals surface area contributed by atoms with Gasteiger partial charge in [0.2, 0.25) is 5.91 Å². The number of nitrogens with one attached hydrogen (secondary N) is 1. The number of carbonyl (C=O) groups excluding carboxylic acids is 4. The van der Waals surface area contributed by atoms with Crippen LogP contribution < -0.4 is 5.32 Å². The van der Waals surface area contributed by atoms with E-state index in [1.807, 2.05) is 30.3 Å². The molecule has 0 spiro atoms. The molecule has 2 heterocycles. The van der Waals surface area contributed by atoms with Crippen molar-refractivity contribution in [1.82, 2.24) is 15.1 Å². The highest BCUT2D eigenvalue weighted by molar-refractivity contribution is 5.91. The number of hydrogen-bond acceptors (Lipinski definition) is 7. The standard InChI is InChI=1S/C27H39N3O7/c1-26(2,3)36-23(32)21-13-12-19-14-15-29(25(34)35-17-18-10-8-7-9-11-18)16-20(22(31)30(19)21)28-24(33)37-27(4,5)6/h7-11,19-21H,12-17H2,1-6H3,(H,28,33)/t19-,20+,21+/m1/s1. The fraction of sp³-hybridized carbons (Fsp3) is 0.630. The summed E-state index contributed by atoms with van der Waals surface area (Å²) in [5.41, 5.74) is -0.642. The van der Waals surface area contributed by atoms with Crippen molar-refractivity contribution in [3.05, 3.63) is 35.9 Å². The van der Waals surface area contributed by atoms with Gasteiger partial charge in [-0.3, -0.25) is 4.79 Å². The Hall–Kier alpha value is -3.30. The summed E-state index contributed by atoms with van der Waals surface area (Å²) in [6, 6.07) is 7.14. The average Bonchev–Trinajstić information content (AvgIpc) is 3.20. The van der Waals surface area contributed by atoms with E-state index in [2.05, 4.69) is 5.32 Å². The van der Waals surface area contributed by atoms with E-state index in [1.54, 1.807) is 41.5 Å². The Morgan fingerprint density at radius 1 is 0.946 bits per heavy atom. The number of nitrogens with zero attached hydrogens (tertiary/aromatic N) is 2. The minimum atomic E-state index is -1.12. The van der Waals surface area contributed by atoms with Crippen molar-refractivity contribution in [3.63, 3.8) is 0 Å². The highest BCUT2D eigenvalue weighted by Crippen LogP contribution is 2.31. The molecule has 204 valence electrons. The number of fused-ring (bicyclic) bond motifs is 1. The van der Waals surface area contributed by atoms with Gasteiger partial charge in [0, 0.05) is 12.6 Å². The van der Waals surface area contributed by atoms with E-state index in [1.165, 1.54) is 9.80 Å². The van der Waals surface area contributed by atoms with Gasteiger partial charge in [0.1, 0.15) is 29.9 Å². The van der Waals surface area contributed by atoms with Gasteiger partial charge in [-0.05, 0) is 66.4 Å². The Bertz CT molecular complexity index is 984. The first-order chi connectivity index (χ1) is 17.2. The first-order valence-corrected chi connectivity index (χ1v) is 12.7. The number of alkyl carbamates (subject to hydrolysis) is 1. The third kappa shape index (κ3) is 8.10. The number of esters is 1. The quantitative estimate of drug-likeness (QED) is 0.479. The van der Waals surface area contributed by atoms with Crippen molar-refractivity contribution in [2.24, 2.45) is 0 Å². The average molecular weight is 518 g/mol. The van der Waals surface area contributed by atoms with Crippen LogP contribution >= 0.6 is 0 Å². The molecule has 2 aliphatic rings. The molecular weight excluding hydrogens is 478 g/mol. The fourth-order valence-corrected chi connectivity index (χ4v) is 4.51. The maximum Gasteiger partial charge on any atom is 0.410 e. The summed E-state index contributed by atoms with van der Waals surface area (Å²) >= 11 is 0. The number of amides is 3. The number of hydrogen-bond donors (Lipinski definition) is 1. The zero-order valence-corrected chi connectivity index (χ0v) is 22.6. The normalized spacial score (nSPS) is 22.4. The van der Waals surface area contributed by atoms with Gasteiger partial charge in [-0.25, -0.2) is 14.4 Å². The molecule has 1 N–H and O–H groups in total. The molecule has 10 nitrogen and oxygen atoms in total. The van der Waals surface area contributed by atoms with Crippen LogP contribution in [0.3, 0.4) is 0 Å². The van der Waals surface area contributed by atoms with Crippen molar-refractivity contribution in [2.45, 2.75) is 96.7 Å².